The van der Waals surface area contributed by atoms with E-state index in [1.54, 1.807) is 23.1 Å². The molecule has 3 aromatic carbocycles. The highest BCUT2D eigenvalue weighted by molar-refractivity contribution is 7.92. The van der Waals surface area contributed by atoms with Crippen molar-refractivity contribution in [3.05, 3.63) is 101 Å². The molecule has 7 nitrogen and oxygen atoms in total. The minimum Gasteiger partial charge on any atom is -0.352 e. The van der Waals surface area contributed by atoms with Crippen LogP contribution in [0, 0.1) is 6.92 Å². The number of carbonyl (C=O) groups is 2. The number of benzene rings is 3. The van der Waals surface area contributed by atoms with Crippen molar-refractivity contribution in [1.29, 1.82) is 0 Å². The second-order valence-corrected chi connectivity index (χ2v) is 12.6. The van der Waals surface area contributed by atoms with E-state index in [0.717, 1.165) is 22.9 Å². The van der Waals surface area contributed by atoms with Crippen LogP contribution in [0.3, 0.4) is 0 Å². The minimum absolute atomic E-state index is 0.0751. The van der Waals surface area contributed by atoms with E-state index in [9.17, 15) is 18.0 Å². The number of anilines is 1. The summed E-state index contributed by atoms with van der Waals surface area (Å²) >= 11 is 6.09. The molecule has 0 spiro atoms. The van der Waals surface area contributed by atoms with Crippen LogP contribution in [-0.2, 0) is 32.6 Å². The average Bonchev–Trinajstić information content (AvgIpc) is 2.89. The SMILES string of the molecule is Cc1cccc(N(CCCC(=O)N(Cc2ccc(Cl)cc2)[C@@H](Cc2ccccc2)C(=O)NC(C)C)S(C)(=O)=O)c1. The number of nitrogens with zero attached hydrogens (tertiary/aromatic N) is 2. The van der Waals surface area contributed by atoms with E-state index in [2.05, 4.69) is 5.32 Å². The zero-order valence-electron chi connectivity index (χ0n) is 23.5. The molecule has 0 aromatic heterocycles. The standard InChI is InChI=1S/C31H38ClN3O4S/c1-23(2)33-31(37)29(21-25-11-6-5-7-12-25)34(22-26-15-17-27(32)18-16-26)30(36)14-9-19-35(40(4,38)39)28-13-8-10-24(3)20-28/h5-8,10-13,15-18,20,23,29H,9,14,19,21-22H2,1-4H3,(H,33,37)/t29-/m0/s1. The first-order valence-corrected chi connectivity index (χ1v) is 15.6. The molecule has 0 unspecified atom stereocenters. The number of rotatable bonds is 13. The van der Waals surface area contributed by atoms with E-state index in [1.165, 1.54) is 4.31 Å². The summed E-state index contributed by atoms with van der Waals surface area (Å²) in [5.41, 5.74) is 3.27. The molecule has 3 aromatic rings. The summed E-state index contributed by atoms with van der Waals surface area (Å²) < 4.78 is 26.5. The van der Waals surface area contributed by atoms with Gasteiger partial charge in [-0.1, -0.05) is 66.2 Å². The first-order valence-electron chi connectivity index (χ1n) is 13.4. The van der Waals surface area contributed by atoms with Crippen LogP contribution in [0.5, 0.6) is 0 Å². The maximum Gasteiger partial charge on any atom is 0.243 e. The normalized spacial score (nSPS) is 12.2. The fraction of sp³-hybridized carbons (Fsp3) is 0.355. The van der Waals surface area contributed by atoms with Gasteiger partial charge in [0.25, 0.3) is 0 Å². The van der Waals surface area contributed by atoms with Crippen LogP contribution in [0.25, 0.3) is 0 Å². The molecule has 1 N–H and O–H groups in total. The Kier molecular flexibility index (Phi) is 11.2. The Hall–Kier alpha value is -3.36. The fourth-order valence-corrected chi connectivity index (χ4v) is 5.59. The highest BCUT2D eigenvalue weighted by atomic mass is 35.5. The summed E-state index contributed by atoms with van der Waals surface area (Å²) in [5, 5.41) is 3.55. The number of carbonyl (C=O) groups excluding carboxylic acids is 2. The third-order valence-electron chi connectivity index (χ3n) is 6.41. The second-order valence-electron chi connectivity index (χ2n) is 10.3. The third kappa shape index (κ3) is 9.38. The Bertz CT molecular complexity index is 1380. The number of hydrogen-bond donors (Lipinski definition) is 1. The van der Waals surface area contributed by atoms with Gasteiger partial charge in [-0.25, -0.2) is 8.42 Å². The summed E-state index contributed by atoms with van der Waals surface area (Å²) in [5.74, 6) is -0.467. The molecule has 0 radical (unpaired) electrons. The second kappa shape index (κ2) is 14.3. The van der Waals surface area contributed by atoms with Gasteiger partial charge in [0.05, 0.1) is 11.9 Å². The number of halogens is 1. The molecule has 1 atom stereocenters. The summed E-state index contributed by atoms with van der Waals surface area (Å²) in [6.07, 6.45) is 1.88. The van der Waals surface area contributed by atoms with Crippen molar-refractivity contribution in [3.63, 3.8) is 0 Å². The van der Waals surface area contributed by atoms with Crippen LogP contribution in [0.1, 0.15) is 43.4 Å². The van der Waals surface area contributed by atoms with E-state index in [0.29, 0.717) is 23.6 Å². The smallest absolute Gasteiger partial charge is 0.243 e. The minimum atomic E-state index is -3.56. The monoisotopic (exact) mass is 583 g/mol. The van der Waals surface area contributed by atoms with E-state index in [-0.39, 0.29) is 37.4 Å². The first-order chi connectivity index (χ1) is 18.9. The summed E-state index contributed by atoms with van der Waals surface area (Å²) in [7, 11) is -3.56. The lowest BCUT2D eigenvalue weighted by atomic mass is 10.0. The highest BCUT2D eigenvalue weighted by Gasteiger charge is 2.31. The van der Waals surface area contributed by atoms with Crippen LogP contribution < -0.4 is 9.62 Å². The van der Waals surface area contributed by atoms with Crippen LogP contribution >= 0.6 is 11.6 Å². The number of sulfonamides is 1. The highest BCUT2D eigenvalue weighted by Crippen LogP contribution is 2.21. The summed E-state index contributed by atoms with van der Waals surface area (Å²) in [6, 6.07) is 23.2. The van der Waals surface area contributed by atoms with Gasteiger partial charge < -0.3 is 10.2 Å². The van der Waals surface area contributed by atoms with Gasteiger partial charge in [0.2, 0.25) is 21.8 Å². The van der Waals surface area contributed by atoms with Crippen molar-refractivity contribution in [1.82, 2.24) is 10.2 Å². The quantitative estimate of drug-likeness (QED) is 0.293. The lowest BCUT2D eigenvalue weighted by molar-refractivity contribution is -0.141. The van der Waals surface area contributed by atoms with Crippen molar-refractivity contribution in [2.24, 2.45) is 0 Å². The Morgan fingerprint density at radius 2 is 1.60 bits per heavy atom. The number of amides is 2. The lowest BCUT2D eigenvalue weighted by Gasteiger charge is -2.32. The van der Waals surface area contributed by atoms with Gasteiger partial charge in [-0.15, -0.1) is 0 Å². The largest absolute Gasteiger partial charge is 0.352 e. The predicted molar refractivity (Wildman–Crippen MR) is 162 cm³/mol. The van der Waals surface area contributed by atoms with Gasteiger partial charge in [-0.3, -0.25) is 13.9 Å². The van der Waals surface area contributed by atoms with Crippen molar-refractivity contribution >= 4 is 39.1 Å². The van der Waals surface area contributed by atoms with Crippen molar-refractivity contribution in [2.45, 2.75) is 58.7 Å². The van der Waals surface area contributed by atoms with Gasteiger partial charge in [0.15, 0.2) is 0 Å². The zero-order chi connectivity index (χ0) is 29.3. The molecule has 9 heteroatoms. The molecule has 0 bridgehead atoms. The molecule has 2 amide bonds. The van der Waals surface area contributed by atoms with Crippen LogP contribution in [0.4, 0.5) is 5.69 Å². The summed E-state index contributed by atoms with van der Waals surface area (Å²) in [4.78, 5) is 28.9. The predicted octanol–water partition coefficient (Wildman–Crippen LogP) is 5.36. The molecule has 3 rings (SSSR count). The van der Waals surface area contributed by atoms with Gasteiger partial charge >= 0.3 is 0 Å². The van der Waals surface area contributed by atoms with Crippen LogP contribution in [0.2, 0.25) is 5.02 Å². The molecular formula is C31H38ClN3O4S. The number of aryl methyl sites for hydroxylation is 1. The lowest BCUT2D eigenvalue weighted by Crippen LogP contribution is -2.51. The van der Waals surface area contributed by atoms with Gasteiger partial charge in [0, 0.05) is 37.0 Å². The molecule has 0 aliphatic rings. The molecule has 0 fully saturated rings. The molecule has 0 saturated heterocycles. The maximum absolute atomic E-state index is 13.8. The summed E-state index contributed by atoms with van der Waals surface area (Å²) in [6.45, 7) is 6.02. The van der Waals surface area contributed by atoms with E-state index in [4.69, 9.17) is 11.6 Å². The van der Waals surface area contributed by atoms with Gasteiger partial charge in [0.1, 0.15) is 6.04 Å². The molecule has 0 saturated carbocycles. The third-order valence-corrected chi connectivity index (χ3v) is 7.86. The Morgan fingerprint density at radius 3 is 2.20 bits per heavy atom. The van der Waals surface area contributed by atoms with E-state index >= 15 is 0 Å². The molecule has 0 heterocycles. The Morgan fingerprint density at radius 1 is 0.925 bits per heavy atom. The topological polar surface area (TPSA) is 86.8 Å². The first kappa shape index (κ1) is 31.2. The van der Waals surface area contributed by atoms with Crippen molar-refractivity contribution in [2.75, 3.05) is 17.1 Å². The zero-order valence-corrected chi connectivity index (χ0v) is 25.1. The van der Waals surface area contributed by atoms with E-state index in [1.807, 2.05) is 81.4 Å². The maximum atomic E-state index is 13.8. The molecule has 0 aliphatic carbocycles. The molecule has 0 aliphatic heterocycles. The van der Waals surface area contributed by atoms with Crippen LogP contribution in [0.15, 0.2) is 78.9 Å². The van der Waals surface area contributed by atoms with Crippen molar-refractivity contribution in [3.8, 4) is 0 Å². The fourth-order valence-electron chi connectivity index (χ4n) is 4.51. The Balaban J connectivity index is 1.87. The van der Waals surface area contributed by atoms with E-state index < -0.39 is 16.1 Å². The van der Waals surface area contributed by atoms with Crippen LogP contribution in [-0.4, -0.2) is 50.0 Å². The Labute approximate surface area is 243 Å². The van der Waals surface area contributed by atoms with Crippen molar-refractivity contribution < 1.29 is 18.0 Å². The van der Waals surface area contributed by atoms with Gasteiger partial charge in [-0.05, 0) is 68.1 Å². The number of nitrogens with one attached hydrogen (secondary N) is 1. The average molecular weight is 584 g/mol. The van der Waals surface area contributed by atoms with Gasteiger partial charge in [-0.2, -0.15) is 0 Å². The molecule has 214 valence electrons. The molecular weight excluding hydrogens is 546 g/mol. The number of hydrogen-bond acceptors (Lipinski definition) is 4. The molecule has 40 heavy (non-hydrogen) atoms.